The predicted octanol–water partition coefficient (Wildman–Crippen LogP) is 1.75. The monoisotopic (exact) mass is 464 g/mol. The number of nitrogens with zero attached hydrogens (tertiary/aromatic N) is 1. The van der Waals surface area contributed by atoms with E-state index < -0.39 is 28.4 Å². The number of carbonyl (C=O) groups excluding carboxylic acids is 3. The van der Waals surface area contributed by atoms with Crippen LogP contribution in [0, 0.1) is 0 Å². The molecule has 0 aliphatic carbocycles. The summed E-state index contributed by atoms with van der Waals surface area (Å²) in [7, 11) is -2.49. The Morgan fingerprint density at radius 1 is 1.12 bits per heavy atom. The summed E-state index contributed by atoms with van der Waals surface area (Å²) in [5.41, 5.74) is -0.0258. The van der Waals surface area contributed by atoms with Crippen LogP contribution < -0.4 is 10.1 Å². The minimum Gasteiger partial charge on any atom is -0.495 e. The summed E-state index contributed by atoms with van der Waals surface area (Å²) < 4.78 is 42.8. The lowest BCUT2D eigenvalue weighted by Crippen LogP contribution is -2.28. The average molecular weight is 464 g/mol. The number of nitrogens with one attached hydrogen (secondary N) is 1. The molecule has 1 aromatic heterocycles. The van der Waals surface area contributed by atoms with Gasteiger partial charge in [0.15, 0.2) is 12.4 Å². The summed E-state index contributed by atoms with van der Waals surface area (Å²) in [6, 6.07) is 6.89. The Morgan fingerprint density at radius 2 is 1.84 bits per heavy atom. The van der Waals surface area contributed by atoms with Crippen molar-refractivity contribution in [1.29, 1.82) is 0 Å². The van der Waals surface area contributed by atoms with Crippen molar-refractivity contribution in [1.82, 2.24) is 9.62 Å². The maximum Gasteiger partial charge on any atom is 0.338 e. The summed E-state index contributed by atoms with van der Waals surface area (Å²) in [4.78, 5) is 35.5. The highest BCUT2D eigenvalue weighted by molar-refractivity contribution is 7.89. The van der Waals surface area contributed by atoms with Crippen LogP contribution in [0.15, 0.2) is 39.6 Å². The molecule has 1 amide bonds. The third-order valence-corrected chi connectivity index (χ3v) is 6.78. The molecular formula is C21H24N2O8S. The Morgan fingerprint density at radius 3 is 2.50 bits per heavy atom. The van der Waals surface area contributed by atoms with Gasteiger partial charge in [-0.05, 0) is 43.2 Å². The second-order valence-electron chi connectivity index (χ2n) is 7.15. The van der Waals surface area contributed by atoms with Crippen LogP contribution >= 0.6 is 0 Å². The van der Waals surface area contributed by atoms with Gasteiger partial charge < -0.3 is 19.2 Å². The van der Waals surface area contributed by atoms with E-state index in [1.807, 2.05) is 0 Å². The number of esters is 1. The van der Waals surface area contributed by atoms with Gasteiger partial charge in [0.25, 0.3) is 0 Å². The lowest BCUT2D eigenvalue weighted by atomic mass is 10.2. The minimum absolute atomic E-state index is 0.0230. The molecular weight excluding hydrogens is 440 g/mol. The number of furan rings is 1. The summed E-state index contributed by atoms with van der Waals surface area (Å²) in [5.74, 6) is -1.21. The SMILES string of the molecule is COc1ccc(C(=O)OCC(=O)c2ccc(CNC(C)=O)o2)cc1S(=O)(=O)N1CCCC1. The molecule has 1 fully saturated rings. The van der Waals surface area contributed by atoms with Gasteiger partial charge in [0.2, 0.25) is 21.7 Å². The molecule has 0 radical (unpaired) electrons. The summed E-state index contributed by atoms with van der Waals surface area (Å²) in [6.07, 6.45) is 1.54. The third kappa shape index (κ3) is 5.35. The Kier molecular flexibility index (Phi) is 7.31. The zero-order valence-corrected chi connectivity index (χ0v) is 18.6. The number of benzene rings is 1. The van der Waals surface area contributed by atoms with Crippen molar-refractivity contribution in [3.63, 3.8) is 0 Å². The van der Waals surface area contributed by atoms with Gasteiger partial charge in [-0.2, -0.15) is 4.31 Å². The standard InChI is InChI=1S/C21H24N2O8S/c1-14(24)22-12-16-6-8-18(31-16)17(25)13-30-21(26)15-5-7-19(29-2)20(11-15)32(27,28)23-9-3-4-10-23/h5-8,11H,3-4,9-10,12-13H2,1-2H3,(H,22,24). The van der Waals surface area contributed by atoms with Crippen molar-refractivity contribution >= 4 is 27.7 Å². The molecule has 0 spiro atoms. The van der Waals surface area contributed by atoms with E-state index in [9.17, 15) is 22.8 Å². The highest BCUT2D eigenvalue weighted by atomic mass is 32.2. The average Bonchev–Trinajstić information content (AvgIpc) is 3.48. The van der Waals surface area contributed by atoms with E-state index >= 15 is 0 Å². The van der Waals surface area contributed by atoms with Crippen LogP contribution in [-0.2, 0) is 26.1 Å². The lowest BCUT2D eigenvalue weighted by molar-refractivity contribution is -0.119. The van der Waals surface area contributed by atoms with Gasteiger partial charge in [-0.15, -0.1) is 0 Å². The summed E-state index contributed by atoms with van der Waals surface area (Å²) in [5, 5.41) is 2.54. The number of sulfonamides is 1. The lowest BCUT2D eigenvalue weighted by Gasteiger charge is -2.18. The van der Waals surface area contributed by atoms with Gasteiger partial charge in [0.1, 0.15) is 16.4 Å². The summed E-state index contributed by atoms with van der Waals surface area (Å²) >= 11 is 0. The van der Waals surface area contributed by atoms with E-state index in [0.717, 1.165) is 12.8 Å². The van der Waals surface area contributed by atoms with Crippen molar-refractivity contribution in [3.05, 3.63) is 47.4 Å². The number of hydrogen-bond acceptors (Lipinski definition) is 8. The molecule has 0 bridgehead atoms. The third-order valence-electron chi connectivity index (χ3n) is 4.86. The molecule has 0 unspecified atom stereocenters. The van der Waals surface area contributed by atoms with Crippen LogP contribution in [0.1, 0.15) is 46.4 Å². The normalized spacial score (nSPS) is 14.2. The van der Waals surface area contributed by atoms with E-state index in [2.05, 4.69) is 5.32 Å². The van der Waals surface area contributed by atoms with Crippen LogP contribution in [0.25, 0.3) is 0 Å². The van der Waals surface area contributed by atoms with Crippen LogP contribution in [0.5, 0.6) is 5.75 Å². The molecule has 1 saturated heterocycles. The van der Waals surface area contributed by atoms with E-state index in [1.165, 1.54) is 48.7 Å². The van der Waals surface area contributed by atoms with Crippen molar-refractivity contribution in [2.45, 2.75) is 31.2 Å². The first-order valence-corrected chi connectivity index (χ1v) is 11.4. The van der Waals surface area contributed by atoms with Crippen molar-refractivity contribution < 1.29 is 36.7 Å². The highest BCUT2D eigenvalue weighted by Gasteiger charge is 2.31. The molecule has 0 saturated carbocycles. The van der Waals surface area contributed by atoms with Crippen LogP contribution in [0.2, 0.25) is 0 Å². The molecule has 3 rings (SSSR count). The number of carbonyl (C=O) groups is 3. The first-order chi connectivity index (χ1) is 15.2. The van der Waals surface area contributed by atoms with Gasteiger partial charge in [-0.25, -0.2) is 13.2 Å². The number of ether oxygens (including phenoxy) is 2. The van der Waals surface area contributed by atoms with Crippen LogP contribution in [-0.4, -0.2) is 57.2 Å². The molecule has 1 N–H and O–H groups in total. The van der Waals surface area contributed by atoms with Gasteiger partial charge in [-0.3, -0.25) is 9.59 Å². The van der Waals surface area contributed by atoms with Crippen molar-refractivity contribution in [3.8, 4) is 5.75 Å². The first kappa shape index (κ1) is 23.5. The molecule has 172 valence electrons. The van der Waals surface area contributed by atoms with E-state index in [-0.39, 0.29) is 34.4 Å². The first-order valence-electron chi connectivity index (χ1n) is 9.94. The zero-order valence-electron chi connectivity index (χ0n) is 17.8. The van der Waals surface area contributed by atoms with Gasteiger partial charge in [0.05, 0.1) is 19.2 Å². The van der Waals surface area contributed by atoms with Crippen molar-refractivity contribution in [2.75, 3.05) is 26.8 Å². The molecule has 32 heavy (non-hydrogen) atoms. The Hall–Kier alpha value is -3.18. The fourth-order valence-corrected chi connectivity index (χ4v) is 4.89. The number of hydrogen-bond donors (Lipinski definition) is 1. The molecule has 2 heterocycles. The second kappa shape index (κ2) is 9.96. The number of rotatable bonds is 9. The fourth-order valence-electron chi connectivity index (χ4n) is 3.19. The molecule has 10 nitrogen and oxygen atoms in total. The highest BCUT2D eigenvalue weighted by Crippen LogP contribution is 2.30. The number of Topliss-reactive ketones (excluding diaryl/α,β-unsaturated/α-hetero) is 1. The van der Waals surface area contributed by atoms with Gasteiger partial charge in [0, 0.05) is 20.0 Å². The number of methoxy groups -OCH3 is 1. The largest absolute Gasteiger partial charge is 0.495 e. The molecule has 1 aliphatic heterocycles. The van der Waals surface area contributed by atoms with E-state index in [1.54, 1.807) is 0 Å². The van der Waals surface area contributed by atoms with Crippen LogP contribution in [0.4, 0.5) is 0 Å². The Labute approximate surface area is 185 Å². The summed E-state index contributed by atoms with van der Waals surface area (Å²) in [6.45, 7) is 1.70. The molecule has 1 aliphatic rings. The second-order valence-corrected chi connectivity index (χ2v) is 9.06. The molecule has 11 heteroatoms. The topological polar surface area (TPSA) is 132 Å². The zero-order chi connectivity index (χ0) is 23.3. The van der Waals surface area contributed by atoms with E-state index in [0.29, 0.717) is 18.8 Å². The predicted molar refractivity (Wildman–Crippen MR) is 112 cm³/mol. The molecule has 0 atom stereocenters. The number of ketones is 1. The van der Waals surface area contributed by atoms with E-state index in [4.69, 9.17) is 13.9 Å². The minimum atomic E-state index is -3.83. The Bertz CT molecular complexity index is 1120. The number of amides is 1. The van der Waals surface area contributed by atoms with Crippen LogP contribution in [0.3, 0.4) is 0 Å². The fraction of sp³-hybridized carbons (Fsp3) is 0.381. The molecule has 2 aromatic rings. The maximum atomic E-state index is 12.9. The maximum absolute atomic E-state index is 12.9. The van der Waals surface area contributed by atoms with Gasteiger partial charge in [-0.1, -0.05) is 0 Å². The smallest absolute Gasteiger partial charge is 0.338 e. The Balaban J connectivity index is 1.69. The quantitative estimate of drug-likeness (QED) is 0.438. The molecule has 1 aromatic carbocycles. The van der Waals surface area contributed by atoms with Crippen molar-refractivity contribution in [2.24, 2.45) is 0 Å². The van der Waals surface area contributed by atoms with Gasteiger partial charge >= 0.3 is 5.97 Å².